The summed E-state index contributed by atoms with van der Waals surface area (Å²) in [6.07, 6.45) is 2.97. The Morgan fingerprint density at radius 1 is 0.900 bits per heavy atom. The van der Waals surface area contributed by atoms with E-state index in [0.29, 0.717) is 25.3 Å². The summed E-state index contributed by atoms with van der Waals surface area (Å²) in [5, 5.41) is 0. The number of thioether (sulfide) groups is 1. The Labute approximate surface area is 182 Å². The van der Waals surface area contributed by atoms with Crippen molar-refractivity contribution in [1.82, 2.24) is 9.80 Å². The third-order valence-corrected chi connectivity index (χ3v) is 7.50. The zero-order valence-corrected chi connectivity index (χ0v) is 18.0. The van der Waals surface area contributed by atoms with Crippen molar-refractivity contribution in [3.05, 3.63) is 66.2 Å². The molecule has 2 fully saturated rings. The monoisotopic (exact) mass is 424 g/mol. The number of rotatable bonds is 6. The van der Waals surface area contributed by atoms with Crippen LogP contribution in [0.5, 0.6) is 5.75 Å². The van der Waals surface area contributed by atoms with Gasteiger partial charge in [-0.05, 0) is 37.0 Å². The molecule has 2 aromatic rings. The number of likely N-dealkylation sites (tertiary alicyclic amines) is 1. The molecule has 0 atom stereocenters. The molecule has 0 aliphatic carbocycles. The maximum Gasteiger partial charge on any atom is 0.261 e. The lowest BCUT2D eigenvalue weighted by Crippen LogP contribution is -2.54. The fraction of sp³-hybridized carbons (Fsp3) is 0.417. The number of carbonyl (C=O) groups is 2. The molecule has 2 amide bonds. The van der Waals surface area contributed by atoms with Gasteiger partial charge in [-0.3, -0.25) is 9.59 Å². The van der Waals surface area contributed by atoms with E-state index in [-0.39, 0.29) is 23.3 Å². The number of ether oxygens (including phenoxy) is 1. The van der Waals surface area contributed by atoms with Gasteiger partial charge in [-0.15, -0.1) is 11.8 Å². The van der Waals surface area contributed by atoms with Gasteiger partial charge in [0, 0.05) is 31.8 Å². The summed E-state index contributed by atoms with van der Waals surface area (Å²) in [4.78, 5) is 29.3. The van der Waals surface area contributed by atoms with Gasteiger partial charge < -0.3 is 14.5 Å². The van der Waals surface area contributed by atoms with Crippen LogP contribution in [0.4, 0.5) is 0 Å². The summed E-state index contributed by atoms with van der Waals surface area (Å²) in [5.74, 6) is 1.90. The van der Waals surface area contributed by atoms with Crippen molar-refractivity contribution in [3.8, 4) is 5.75 Å². The Morgan fingerprint density at radius 2 is 1.57 bits per heavy atom. The smallest absolute Gasteiger partial charge is 0.261 e. The molecular weight excluding hydrogens is 396 g/mol. The van der Waals surface area contributed by atoms with E-state index in [0.717, 1.165) is 31.6 Å². The number of para-hydroxylation sites is 1. The second-order valence-electron chi connectivity index (χ2n) is 7.81. The number of hydrogen-bond acceptors (Lipinski definition) is 4. The first-order chi connectivity index (χ1) is 14.7. The molecule has 0 bridgehead atoms. The molecule has 158 valence electrons. The molecule has 0 unspecified atom stereocenters. The minimum absolute atomic E-state index is 0.0349. The van der Waals surface area contributed by atoms with Gasteiger partial charge in [0.1, 0.15) is 5.75 Å². The topological polar surface area (TPSA) is 49.9 Å². The lowest BCUT2D eigenvalue weighted by molar-refractivity contribution is -0.138. The Balaban J connectivity index is 1.28. The highest BCUT2D eigenvalue weighted by atomic mass is 32.2. The highest BCUT2D eigenvalue weighted by Gasteiger charge is 2.46. The van der Waals surface area contributed by atoms with Gasteiger partial charge in [0.2, 0.25) is 5.91 Å². The third kappa shape index (κ3) is 4.81. The first kappa shape index (κ1) is 20.8. The van der Waals surface area contributed by atoms with E-state index in [1.54, 1.807) is 0 Å². The van der Waals surface area contributed by atoms with Crippen LogP contribution < -0.4 is 4.74 Å². The van der Waals surface area contributed by atoms with Crippen molar-refractivity contribution < 1.29 is 14.3 Å². The summed E-state index contributed by atoms with van der Waals surface area (Å²) in [6.45, 7) is 2.24. The molecule has 2 aliphatic rings. The lowest BCUT2D eigenvalue weighted by atomic mass is 10.0. The summed E-state index contributed by atoms with van der Waals surface area (Å²) >= 11 is 1.86. The zero-order chi connectivity index (χ0) is 20.8. The predicted molar refractivity (Wildman–Crippen MR) is 119 cm³/mol. The number of carbonyl (C=O) groups excluding carboxylic acids is 2. The average Bonchev–Trinajstić information content (AvgIpc) is 3.20. The quantitative estimate of drug-likeness (QED) is 0.711. The molecule has 2 heterocycles. The zero-order valence-electron chi connectivity index (χ0n) is 17.2. The molecule has 6 heteroatoms. The molecule has 30 heavy (non-hydrogen) atoms. The van der Waals surface area contributed by atoms with Crippen molar-refractivity contribution in [1.29, 1.82) is 0 Å². The molecule has 1 spiro atoms. The second-order valence-corrected chi connectivity index (χ2v) is 9.26. The summed E-state index contributed by atoms with van der Waals surface area (Å²) < 4.78 is 5.68. The van der Waals surface area contributed by atoms with Crippen molar-refractivity contribution in [2.45, 2.75) is 30.6 Å². The fourth-order valence-corrected chi connectivity index (χ4v) is 5.75. The van der Waals surface area contributed by atoms with Crippen LogP contribution in [0.2, 0.25) is 0 Å². The van der Waals surface area contributed by atoms with Gasteiger partial charge in [-0.2, -0.15) is 0 Å². The number of amides is 2. The van der Waals surface area contributed by atoms with Crippen LogP contribution in [-0.4, -0.2) is 58.5 Å². The first-order valence-corrected chi connectivity index (χ1v) is 11.6. The van der Waals surface area contributed by atoms with Crippen LogP contribution in [0.15, 0.2) is 60.7 Å². The highest BCUT2D eigenvalue weighted by molar-refractivity contribution is 8.00. The number of piperidine rings is 1. The highest BCUT2D eigenvalue weighted by Crippen LogP contribution is 2.44. The van der Waals surface area contributed by atoms with E-state index in [1.165, 1.54) is 5.56 Å². The third-order valence-electron chi connectivity index (χ3n) is 5.95. The molecule has 0 saturated carbocycles. The SMILES string of the molecule is O=C(CCc1ccccc1)N1CCC2(CC1)SCCN2C(=O)COc1ccccc1. The first-order valence-electron chi connectivity index (χ1n) is 10.6. The van der Waals surface area contributed by atoms with Crippen LogP contribution in [0.25, 0.3) is 0 Å². The largest absolute Gasteiger partial charge is 0.484 e. The average molecular weight is 425 g/mol. The molecule has 5 nitrogen and oxygen atoms in total. The van der Waals surface area contributed by atoms with Gasteiger partial charge in [0.15, 0.2) is 6.61 Å². The molecule has 0 aromatic heterocycles. The van der Waals surface area contributed by atoms with Gasteiger partial charge in [-0.1, -0.05) is 48.5 Å². The van der Waals surface area contributed by atoms with E-state index in [9.17, 15) is 9.59 Å². The van der Waals surface area contributed by atoms with Crippen LogP contribution in [-0.2, 0) is 16.0 Å². The van der Waals surface area contributed by atoms with Crippen molar-refractivity contribution in [2.75, 3.05) is 32.0 Å². The van der Waals surface area contributed by atoms with Gasteiger partial charge in [0.25, 0.3) is 5.91 Å². The Hall–Kier alpha value is -2.47. The molecule has 0 radical (unpaired) electrons. The minimum Gasteiger partial charge on any atom is -0.484 e. The Kier molecular flexibility index (Phi) is 6.62. The van der Waals surface area contributed by atoms with E-state index in [1.807, 2.05) is 70.1 Å². The molecular formula is C24H28N2O3S. The van der Waals surface area contributed by atoms with E-state index in [2.05, 4.69) is 12.1 Å². The second kappa shape index (κ2) is 9.56. The standard InChI is InChI=1S/C24H28N2O3S/c27-22(12-11-20-7-3-1-4-8-20)25-15-13-24(14-16-25)26(17-18-30-24)23(28)19-29-21-9-5-2-6-10-21/h1-10H,11-19H2. The van der Waals surface area contributed by atoms with Gasteiger partial charge in [-0.25, -0.2) is 0 Å². The van der Waals surface area contributed by atoms with Crippen molar-refractivity contribution in [3.63, 3.8) is 0 Å². The van der Waals surface area contributed by atoms with Gasteiger partial charge >= 0.3 is 0 Å². The Morgan fingerprint density at radius 3 is 2.27 bits per heavy atom. The Bertz CT molecular complexity index is 851. The maximum absolute atomic E-state index is 12.9. The molecule has 2 aliphatic heterocycles. The van der Waals surface area contributed by atoms with Crippen LogP contribution >= 0.6 is 11.8 Å². The van der Waals surface area contributed by atoms with Crippen LogP contribution in [0.1, 0.15) is 24.8 Å². The fourth-order valence-electron chi connectivity index (χ4n) is 4.27. The van der Waals surface area contributed by atoms with E-state index < -0.39 is 0 Å². The normalized spacial score (nSPS) is 17.9. The molecule has 4 rings (SSSR count). The van der Waals surface area contributed by atoms with Crippen molar-refractivity contribution >= 4 is 23.6 Å². The number of hydrogen-bond donors (Lipinski definition) is 0. The van der Waals surface area contributed by atoms with Gasteiger partial charge in [0.05, 0.1) is 4.87 Å². The number of nitrogens with zero attached hydrogens (tertiary/aromatic N) is 2. The molecule has 0 N–H and O–H groups in total. The summed E-state index contributed by atoms with van der Waals surface area (Å²) in [7, 11) is 0. The maximum atomic E-state index is 12.9. The summed E-state index contributed by atoms with van der Waals surface area (Å²) in [5.41, 5.74) is 1.20. The lowest BCUT2D eigenvalue weighted by Gasteiger charge is -2.44. The van der Waals surface area contributed by atoms with Crippen LogP contribution in [0, 0.1) is 0 Å². The van der Waals surface area contributed by atoms with Crippen molar-refractivity contribution in [2.24, 2.45) is 0 Å². The van der Waals surface area contributed by atoms with E-state index >= 15 is 0 Å². The van der Waals surface area contributed by atoms with Crippen LogP contribution in [0.3, 0.4) is 0 Å². The summed E-state index contributed by atoms with van der Waals surface area (Å²) in [6, 6.07) is 19.6. The number of aryl methyl sites for hydroxylation is 1. The molecule has 2 aromatic carbocycles. The minimum atomic E-state index is -0.187. The molecule has 2 saturated heterocycles. The number of benzene rings is 2. The predicted octanol–water partition coefficient (Wildman–Crippen LogP) is 3.59. The van der Waals surface area contributed by atoms with E-state index in [4.69, 9.17) is 4.74 Å².